The van der Waals surface area contributed by atoms with Crippen LogP contribution >= 0.6 is 0 Å². The summed E-state index contributed by atoms with van der Waals surface area (Å²) >= 11 is 0. The third kappa shape index (κ3) is 4.37. The SMILES string of the molecule is Cc1ccc(C(C)(C)c2ccc(OCC(C)C(C)C)cc2)cc1. The number of ether oxygens (including phenoxy) is 1. The monoisotopic (exact) mass is 310 g/mol. The zero-order chi connectivity index (χ0) is 17.0. The van der Waals surface area contributed by atoms with Crippen LogP contribution in [0.15, 0.2) is 48.5 Å². The van der Waals surface area contributed by atoms with E-state index < -0.39 is 0 Å². The molecule has 1 heteroatoms. The minimum atomic E-state index is -0.00253. The van der Waals surface area contributed by atoms with Gasteiger partial charge in [0.15, 0.2) is 0 Å². The average molecular weight is 310 g/mol. The molecule has 1 unspecified atom stereocenters. The number of hydrogen-bond acceptors (Lipinski definition) is 1. The molecule has 0 aliphatic heterocycles. The molecule has 2 aromatic rings. The average Bonchev–Trinajstić information content (AvgIpc) is 2.53. The van der Waals surface area contributed by atoms with E-state index in [-0.39, 0.29) is 5.41 Å². The van der Waals surface area contributed by atoms with Crippen molar-refractivity contribution in [3.8, 4) is 5.75 Å². The first-order chi connectivity index (χ1) is 10.8. The van der Waals surface area contributed by atoms with E-state index in [1.54, 1.807) is 0 Å². The molecule has 2 rings (SSSR count). The Morgan fingerprint density at radius 3 is 1.78 bits per heavy atom. The van der Waals surface area contributed by atoms with E-state index in [0.29, 0.717) is 11.8 Å². The van der Waals surface area contributed by atoms with Gasteiger partial charge in [0.1, 0.15) is 5.75 Å². The van der Waals surface area contributed by atoms with Crippen LogP contribution in [0.4, 0.5) is 0 Å². The van der Waals surface area contributed by atoms with Crippen LogP contribution in [0.5, 0.6) is 5.75 Å². The third-order valence-electron chi connectivity index (χ3n) is 5.00. The topological polar surface area (TPSA) is 9.23 Å². The number of aryl methyl sites for hydroxylation is 1. The molecule has 1 atom stereocenters. The van der Waals surface area contributed by atoms with Gasteiger partial charge in [-0.2, -0.15) is 0 Å². The van der Waals surface area contributed by atoms with Gasteiger partial charge < -0.3 is 4.74 Å². The summed E-state index contributed by atoms with van der Waals surface area (Å²) in [7, 11) is 0. The van der Waals surface area contributed by atoms with Gasteiger partial charge in [-0.05, 0) is 42.0 Å². The van der Waals surface area contributed by atoms with E-state index in [0.717, 1.165) is 12.4 Å². The smallest absolute Gasteiger partial charge is 0.119 e. The maximum atomic E-state index is 5.92. The van der Waals surface area contributed by atoms with Crippen molar-refractivity contribution in [1.82, 2.24) is 0 Å². The molecule has 0 spiro atoms. The van der Waals surface area contributed by atoms with Crippen molar-refractivity contribution in [3.05, 3.63) is 65.2 Å². The predicted molar refractivity (Wildman–Crippen MR) is 99.2 cm³/mol. The molecule has 0 N–H and O–H groups in total. The molecule has 0 saturated heterocycles. The molecule has 0 bridgehead atoms. The summed E-state index contributed by atoms with van der Waals surface area (Å²) in [6.07, 6.45) is 0. The van der Waals surface area contributed by atoms with Gasteiger partial charge in [0.05, 0.1) is 6.61 Å². The lowest BCUT2D eigenvalue weighted by Gasteiger charge is -2.26. The summed E-state index contributed by atoms with van der Waals surface area (Å²) in [5.74, 6) is 2.18. The Balaban J connectivity index is 2.10. The van der Waals surface area contributed by atoms with Crippen LogP contribution in [0.2, 0.25) is 0 Å². The second-order valence-electron chi connectivity index (χ2n) is 7.55. The molecule has 2 aromatic carbocycles. The van der Waals surface area contributed by atoms with Crippen molar-refractivity contribution >= 4 is 0 Å². The Labute approximate surface area is 141 Å². The number of hydrogen-bond donors (Lipinski definition) is 0. The molecule has 0 amide bonds. The minimum absolute atomic E-state index is 0.00253. The van der Waals surface area contributed by atoms with Crippen LogP contribution in [0.25, 0.3) is 0 Å². The molecule has 0 aliphatic carbocycles. The molecular weight excluding hydrogens is 280 g/mol. The highest BCUT2D eigenvalue weighted by Crippen LogP contribution is 2.32. The maximum Gasteiger partial charge on any atom is 0.119 e. The fourth-order valence-electron chi connectivity index (χ4n) is 2.52. The highest BCUT2D eigenvalue weighted by atomic mass is 16.5. The maximum absolute atomic E-state index is 5.92. The lowest BCUT2D eigenvalue weighted by molar-refractivity contribution is 0.223. The Bertz CT molecular complexity index is 605. The molecule has 124 valence electrons. The first kappa shape index (κ1) is 17.6. The van der Waals surface area contributed by atoms with E-state index in [9.17, 15) is 0 Å². The standard InChI is InChI=1S/C22H30O/c1-16(2)18(4)15-23-21-13-11-20(12-14-21)22(5,6)19-9-7-17(3)8-10-19/h7-14,16,18H,15H2,1-6H3. The van der Waals surface area contributed by atoms with E-state index in [2.05, 4.69) is 90.1 Å². The van der Waals surface area contributed by atoms with Gasteiger partial charge in [-0.25, -0.2) is 0 Å². The van der Waals surface area contributed by atoms with E-state index in [1.165, 1.54) is 16.7 Å². The van der Waals surface area contributed by atoms with Gasteiger partial charge in [-0.3, -0.25) is 0 Å². The van der Waals surface area contributed by atoms with Gasteiger partial charge in [0.2, 0.25) is 0 Å². The van der Waals surface area contributed by atoms with Gasteiger partial charge in [-0.15, -0.1) is 0 Å². The summed E-state index contributed by atoms with van der Waals surface area (Å²) < 4.78 is 5.92. The minimum Gasteiger partial charge on any atom is -0.493 e. The molecule has 0 aliphatic rings. The third-order valence-corrected chi connectivity index (χ3v) is 5.00. The molecule has 1 nitrogen and oxygen atoms in total. The molecule has 0 fully saturated rings. The molecule has 0 aromatic heterocycles. The summed E-state index contributed by atoms with van der Waals surface area (Å²) in [5, 5.41) is 0. The number of benzene rings is 2. The van der Waals surface area contributed by atoms with Gasteiger partial charge in [0.25, 0.3) is 0 Å². The van der Waals surface area contributed by atoms with Crippen LogP contribution in [-0.2, 0) is 5.41 Å². The van der Waals surface area contributed by atoms with E-state index >= 15 is 0 Å². The zero-order valence-electron chi connectivity index (χ0n) is 15.4. The van der Waals surface area contributed by atoms with Crippen molar-refractivity contribution in [2.75, 3.05) is 6.61 Å². The van der Waals surface area contributed by atoms with Crippen molar-refractivity contribution in [1.29, 1.82) is 0 Å². The van der Waals surface area contributed by atoms with Gasteiger partial charge in [0, 0.05) is 5.41 Å². The first-order valence-electron chi connectivity index (χ1n) is 8.61. The zero-order valence-corrected chi connectivity index (χ0v) is 15.4. The Kier molecular flexibility index (Phi) is 5.51. The second kappa shape index (κ2) is 7.21. The van der Waals surface area contributed by atoms with Gasteiger partial charge >= 0.3 is 0 Å². The van der Waals surface area contributed by atoms with E-state index in [4.69, 9.17) is 4.74 Å². The Hall–Kier alpha value is -1.76. The summed E-state index contributed by atoms with van der Waals surface area (Å²) in [4.78, 5) is 0. The molecular formula is C22H30O. The van der Waals surface area contributed by atoms with Crippen molar-refractivity contribution in [2.24, 2.45) is 11.8 Å². The fourth-order valence-corrected chi connectivity index (χ4v) is 2.52. The normalized spacial score (nSPS) is 13.2. The number of rotatable bonds is 6. The van der Waals surface area contributed by atoms with Crippen molar-refractivity contribution in [3.63, 3.8) is 0 Å². The van der Waals surface area contributed by atoms with Gasteiger partial charge in [-0.1, -0.05) is 76.6 Å². The van der Waals surface area contributed by atoms with E-state index in [1.807, 2.05) is 0 Å². The van der Waals surface area contributed by atoms with Crippen LogP contribution in [0.3, 0.4) is 0 Å². The summed E-state index contributed by atoms with van der Waals surface area (Å²) in [6.45, 7) is 14.2. The summed E-state index contributed by atoms with van der Waals surface area (Å²) in [5.41, 5.74) is 3.95. The molecule has 0 radical (unpaired) electrons. The Morgan fingerprint density at radius 2 is 1.30 bits per heavy atom. The molecule has 23 heavy (non-hydrogen) atoms. The second-order valence-corrected chi connectivity index (χ2v) is 7.55. The molecule has 0 saturated carbocycles. The predicted octanol–water partition coefficient (Wildman–Crippen LogP) is 5.99. The Morgan fingerprint density at radius 1 is 0.826 bits per heavy atom. The first-order valence-corrected chi connectivity index (χ1v) is 8.61. The highest BCUT2D eigenvalue weighted by molar-refractivity contribution is 5.40. The highest BCUT2D eigenvalue weighted by Gasteiger charge is 2.22. The van der Waals surface area contributed by atoms with Crippen LogP contribution in [0.1, 0.15) is 51.3 Å². The van der Waals surface area contributed by atoms with Crippen molar-refractivity contribution in [2.45, 2.75) is 47.0 Å². The van der Waals surface area contributed by atoms with Crippen LogP contribution in [0, 0.1) is 18.8 Å². The summed E-state index contributed by atoms with van der Waals surface area (Å²) in [6, 6.07) is 17.4. The lowest BCUT2D eigenvalue weighted by Crippen LogP contribution is -2.19. The van der Waals surface area contributed by atoms with Crippen LogP contribution < -0.4 is 4.74 Å². The largest absolute Gasteiger partial charge is 0.493 e. The quantitative estimate of drug-likeness (QED) is 0.636. The lowest BCUT2D eigenvalue weighted by atomic mass is 9.78. The molecule has 0 heterocycles. The van der Waals surface area contributed by atoms with Crippen molar-refractivity contribution < 1.29 is 4.74 Å². The fraction of sp³-hybridized carbons (Fsp3) is 0.455. The van der Waals surface area contributed by atoms with Crippen LogP contribution in [-0.4, -0.2) is 6.61 Å².